The second-order valence-corrected chi connectivity index (χ2v) is 2.73. The lowest BCUT2D eigenvalue weighted by Gasteiger charge is -2.01. The molecule has 0 aliphatic carbocycles. The minimum absolute atomic E-state index is 0.208. The number of nitrogens with one attached hydrogen (secondary N) is 2. The molecule has 0 heterocycles. The Labute approximate surface area is 69.3 Å². The monoisotopic (exact) mass is 172 g/mol. The van der Waals surface area contributed by atoms with Gasteiger partial charge in [-0.1, -0.05) is 12.1 Å². The van der Waals surface area contributed by atoms with Crippen LogP contribution in [0, 0.1) is 5.82 Å². The highest BCUT2D eigenvalue weighted by molar-refractivity contribution is 7.97. The Hall–Kier alpha value is -0.580. The molecule has 0 radical (unpaired) electrons. The number of benzene rings is 1. The van der Waals surface area contributed by atoms with Crippen molar-refractivity contribution in [2.24, 2.45) is 0 Å². The Morgan fingerprint density at radius 2 is 2.09 bits per heavy atom. The Morgan fingerprint density at radius 3 is 2.73 bits per heavy atom. The number of halogens is 1. The van der Waals surface area contributed by atoms with E-state index in [1.165, 1.54) is 18.0 Å². The summed E-state index contributed by atoms with van der Waals surface area (Å²) in [6.07, 6.45) is 0. The van der Waals surface area contributed by atoms with Crippen LogP contribution in [-0.2, 0) is 0 Å². The average Bonchev–Trinajstić information content (AvgIpc) is 2.03. The normalized spacial score (nSPS) is 10.0. The summed E-state index contributed by atoms with van der Waals surface area (Å²) in [5, 5.41) is 0. The van der Waals surface area contributed by atoms with Crippen LogP contribution in [0.1, 0.15) is 0 Å². The molecule has 0 fully saturated rings. The zero-order valence-electron chi connectivity index (χ0n) is 6.10. The number of hydrogen-bond acceptors (Lipinski definition) is 3. The fourth-order valence-corrected chi connectivity index (χ4v) is 1.16. The van der Waals surface area contributed by atoms with E-state index in [0.29, 0.717) is 4.90 Å². The average molecular weight is 172 g/mol. The lowest BCUT2D eigenvalue weighted by Crippen LogP contribution is -2.19. The van der Waals surface area contributed by atoms with Gasteiger partial charge in [-0.25, -0.2) is 4.39 Å². The van der Waals surface area contributed by atoms with Gasteiger partial charge in [-0.15, -0.1) is 0 Å². The van der Waals surface area contributed by atoms with Crippen molar-refractivity contribution in [2.75, 3.05) is 7.05 Å². The van der Waals surface area contributed by atoms with Crippen molar-refractivity contribution in [3.8, 4) is 0 Å². The van der Waals surface area contributed by atoms with Crippen LogP contribution in [0.25, 0.3) is 0 Å². The maximum absolute atomic E-state index is 12.8. The van der Waals surface area contributed by atoms with E-state index in [0.717, 1.165) is 0 Å². The van der Waals surface area contributed by atoms with Gasteiger partial charge in [0.15, 0.2) is 0 Å². The fraction of sp³-hybridized carbons (Fsp3) is 0.143. The van der Waals surface area contributed by atoms with Crippen molar-refractivity contribution in [1.29, 1.82) is 0 Å². The van der Waals surface area contributed by atoms with Crippen molar-refractivity contribution in [3.05, 3.63) is 30.1 Å². The molecule has 0 aliphatic rings. The highest BCUT2D eigenvalue weighted by atomic mass is 32.2. The highest BCUT2D eigenvalue weighted by Gasteiger charge is 1.98. The van der Waals surface area contributed by atoms with Crippen molar-refractivity contribution < 1.29 is 4.39 Å². The van der Waals surface area contributed by atoms with Gasteiger partial charge < -0.3 is 0 Å². The Morgan fingerprint density at radius 1 is 1.36 bits per heavy atom. The number of rotatable bonds is 3. The quantitative estimate of drug-likeness (QED) is 0.534. The summed E-state index contributed by atoms with van der Waals surface area (Å²) in [6, 6.07) is 6.60. The molecule has 0 unspecified atom stereocenters. The summed E-state index contributed by atoms with van der Waals surface area (Å²) >= 11 is 1.21. The number of hydrazine groups is 1. The Kier molecular flexibility index (Phi) is 3.35. The summed E-state index contributed by atoms with van der Waals surface area (Å²) < 4.78 is 12.8. The molecule has 0 spiro atoms. The van der Waals surface area contributed by atoms with Crippen molar-refractivity contribution >= 4 is 11.9 Å². The van der Waals surface area contributed by atoms with Crippen molar-refractivity contribution in [1.82, 2.24) is 10.3 Å². The first-order valence-corrected chi connectivity index (χ1v) is 3.99. The molecule has 0 bridgehead atoms. The summed E-state index contributed by atoms with van der Waals surface area (Å²) in [5.74, 6) is -0.208. The molecule has 4 heteroatoms. The van der Waals surface area contributed by atoms with Gasteiger partial charge in [0.1, 0.15) is 5.82 Å². The molecule has 0 atom stereocenters. The topological polar surface area (TPSA) is 24.1 Å². The first-order chi connectivity index (χ1) is 5.34. The summed E-state index contributed by atoms with van der Waals surface area (Å²) in [4.78, 5) is 3.32. The van der Waals surface area contributed by atoms with E-state index in [-0.39, 0.29) is 5.82 Å². The van der Waals surface area contributed by atoms with Crippen LogP contribution in [-0.4, -0.2) is 7.05 Å². The van der Waals surface area contributed by atoms with E-state index >= 15 is 0 Å². The van der Waals surface area contributed by atoms with Crippen molar-refractivity contribution in [2.45, 2.75) is 4.90 Å². The fourth-order valence-electron chi connectivity index (χ4n) is 0.634. The van der Waals surface area contributed by atoms with Gasteiger partial charge in [-0.3, -0.25) is 5.43 Å². The SMILES string of the molecule is CNNSc1ccccc1F. The molecule has 1 aromatic carbocycles. The second kappa shape index (κ2) is 4.33. The molecule has 2 N–H and O–H groups in total. The summed E-state index contributed by atoms with van der Waals surface area (Å²) in [7, 11) is 1.73. The van der Waals surface area contributed by atoms with E-state index in [1.54, 1.807) is 25.2 Å². The summed E-state index contributed by atoms with van der Waals surface area (Å²) in [6.45, 7) is 0. The highest BCUT2D eigenvalue weighted by Crippen LogP contribution is 2.16. The summed E-state index contributed by atoms with van der Waals surface area (Å²) in [5.41, 5.74) is 2.69. The second-order valence-electron chi connectivity index (χ2n) is 1.88. The number of hydrogen-bond donors (Lipinski definition) is 2. The molecule has 0 amide bonds. The van der Waals surface area contributed by atoms with Crippen LogP contribution in [0.3, 0.4) is 0 Å². The van der Waals surface area contributed by atoms with Gasteiger partial charge in [-0.2, -0.15) is 4.83 Å². The molecule has 0 saturated carbocycles. The third kappa shape index (κ3) is 2.49. The van der Waals surface area contributed by atoms with E-state index in [2.05, 4.69) is 10.3 Å². The first-order valence-electron chi connectivity index (χ1n) is 3.17. The molecule has 11 heavy (non-hydrogen) atoms. The Balaban J connectivity index is 2.62. The van der Waals surface area contributed by atoms with E-state index in [4.69, 9.17) is 0 Å². The van der Waals surface area contributed by atoms with Crippen LogP contribution in [0.2, 0.25) is 0 Å². The first kappa shape index (κ1) is 8.52. The predicted octanol–water partition coefficient (Wildman–Crippen LogP) is 1.56. The standard InChI is InChI=1S/C7H9FN2S/c1-9-10-11-7-5-3-2-4-6(7)8/h2-5,9-10H,1H3. The van der Waals surface area contributed by atoms with E-state index in [1.807, 2.05) is 0 Å². The molecule has 1 aromatic rings. The third-order valence-corrected chi connectivity index (χ3v) is 1.96. The minimum Gasteiger partial charge on any atom is -0.251 e. The Bertz CT molecular complexity index is 229. The van der Waals surface area contributed by atoms with E-state index in [9.17, 15) is 4.39 Å². The van der Waals surface area contributed by atoms with Crippen LogP contribution in [0.15, 0.2) is 29.2 Å². The van der Waals surface area contributed by atoms with Gasteiger partial charge in [0.2, 0.25) is 0 Å². The molecule has 2 nitrogen and oxygen atoms in total. The molecular weight excluding hydrogens is 163 g/mol. The molecule has 0 aromatic heterocycles. The van der Waals surface area contributed by atoms with Crippen LogP contribution < -0.4 is 10.3 Å². The van der Waals surface area contributed by atoms with Gasteiger partial charge >= 0.3 is 0 Å². The van der Waals surface area contributed by atoms with Crippen LogP contribution >= 0.6 is 11.9 Å². The van der Waals surface area contributed by atoms with Crippen molar-refractivity contribution in [3.63, 3.8) is 0 Å². The van der Waals surface area contributed by atoms with Gasteiger partial charge in [0.25, 0.3) is 0 Å². The van der Waals surface area contributed by atoms with Gasteiger partial charge in [0, 0.05) is 0 Å². The van der Waals surface area contributed by atoms with Crippen LogP contribution in [0.5, 0.6) is 0 Å². The smallest absolute Gasteiger partial charge is 0.138 e. The zero-order valence-corrected chi connectivity index (χ0v) is 6.91. The maximum Gasteiger partial charge on any atom is 0.138 e. The van der Waals surface area contributed by atoms with E-state index < -0.39 is 0 Å². The zero-order chi connectivity index (χ0) is 8.10. The molecule has 60 valence electrons. The van der Waals surface area contributed by atoms with Gasteiger partial charge in [0.05, 0.1) is 4.90 Å². The maximum atomic E-state index is 12.8. The molecule has 1 rings (SSSR count). The lowest BCUT2D eigenvalue weighted by atomic mass is 10.4. The van der Waals surface area contributed by atoms with Crippen LogP contribution in [0.4, 0.5) is 4.39 Å². The lowest BCUT2D eigenvalue weighted by molar-refractivity contribution is 0.601. The molecule has 0 saturated heterocycles. The van der Waals surface area contributed by atoms with Gasteiger partial charge in [-0.05, 0) is 31.1 Å². The minimum atomic E-state index is -0.208. The molecule has 0 aliphatic heterocycles. The predicted molar refractivity (Wildman–Crippen MR) is 44.5 cm³/mol. The third-order valence-electron chi connectivity index (χ3n) is 1.10. The largest absolute Gasteiger partial charge is 0.251 e. The molecular formula is C7H9FN2S.